The van der Waals surface area contributed by atoms with Gasteiger partial charge in [0.2, 0.25) is 0 Å². The molecule has 2 aromatic rings. The van der Waals surface area contributed by atoms with Crippen LogP contribution in [0.15, 0.2) is 36.4 Å². The van der Waals surface area contributed by atoms with Crippen molar-refractivity contribution in [1.29, 1.82) is 0 Å². The molecule has 1 spiro atoms. The van der Waals surface area contributed by atoms with Gasteiger partial charge in [-0.3, -0.25) is 15.0 Å². The standard InChI is InChI=1S/C30H39N3O6S/c1-28(2,3)39-27(36)31-24-22(17-23(40-24)20-9-7-6-8-10-20)25(34)32-13-11-21(12-14-32)33-15-16-37-30(19-33)18-29(4,5)38-26(30)35/h6-10,17,21H,11-16,18-19H2,1-5H3,(H,31,36). The van der Waals surface area contributed by atoms with Crippen molar-refractivity contribution in [2.75, 3.05) is 38.1 Å². The zero-order valence-corrected chi connectivity index (χ0v) is 24.8. The van der Waals surface area contributed by atoms with Crippen molar-refractivity contribution in [3.05, 3.63) is 42.0 Å². The molecule has 0 bridgehead atoms. The summed E-state index contributed by atoms with van der Waals surface area (Å²) in [5.74, 6) is -0.381. The van der Waals surface area contributed by atoms with Gasteiger partial charge in [-0.25, -0.2) is 9.59 Å². The van der Waals surface area contributed by atoms with Crippen LogP contribution in [0, 0.1) is 0 Å². The average Bonchev–Trinajstić information content (AvgIpc) is 3.40. The minimum Gasteiger partial charge on any atom is -0.457 e. The van der Waals surface area contributed by atoms with E-state index in [-0.39, 0.29) is 17.9 Å². The van der Waals surface area contributed by atoms with E-state index in [2.05, 4.69) is 10.2 Å². The lowest BCUT2D eigenvalue weighted by atomic mass is 9.90. The molecule has 10 heteroatoms. The summed E-state index contributed by atoms with van der Waals surface area (Å²) < 4.78 is 17.1. The Labute approximate surface area is 239 Å². The third-order valence-electron chi connectivity index (χ3n) is 7.57. The summed E-state index contributed by atoms with van der Waals surface area (Å²) in [5, 5.41) is 3.30. The minimum absolute atomic E-state index is 0.109. The van der Waals surface area contributed by atoms with Crippen molar-refractivity contribution in [3.63, 3.8) is 0 Å². The molecule has 2 amide bonds. The van der Waals surface area contributed by atoms with Gasteiger partial charge in [-0.2, -0.15) is 0 Å². The number of piperidine rings is 1. The number of nitrogens with one attached hydrogen (secondary N) is 1. The first-order valence-corrected chi connectivity index (χ1v) is 14.8. The van der Waals surface area contributed by atoms with Crippen LogP contribution in [0.3, 0.4) is 0 Å². The summed E-state index contributed by atoms with van der Waals surface area (Å²) in [6, 6.07) is 11.9. The molecular formula is C30H39N3O6S. The molecule has 3 fully saturated rings. The maximum Gasteiger partial charge on any atom is 0.412 e. The van der Waals surface area contributed by atoms with E-state index in [4.69, 9.17) is 14.2 Å². The second kappa shape index (κ2) is 10.8. The molecule has 1 unspecified atom stereocenters. The van der Waals surface area contributed by atoms with Crippen molar-refractivity contribution in [1.82, 2.24) is 9.80 Å². The number of hydrogen-bond acceptors (Lipinski definition) is 8. The van der Waals surface area contributed by atoms with Gasteiger partial charge in [-0.1, -0.05) is 30.3 Å². The Balaban J connectivity index is 1.28. The molecule has 1 aromatic carbocycles. The summed E-state index contributed by atoms with van der Waals surface area (Å²) in [6.07, 6.45) is 1.55. The first-order valence-electron chi connectivity index (χ1n) is 13.9. The predicted octanol–water partition coefficient (Wildman–Crippen LogP) is 5.16. The fourth-order valence-electron chi connectivity index (χ4n) is 5.88. The van der Waals surface area contributed by atoms with Gasteiger partial charge in [0.15, 0.2) is 5.60 Å². The number of likely N-dealkylation sites (tertiary alicyclic amines) is 1. The lowest BCUT2D eigenvalue weighted by Crippen LogP contribution is -2.59. The molecule has 3 aliphatic rings. The molecule has 0 radical (unpaired) electrons. The topological polar surface area (TPSA) is 97.4 Å². The highest BCUT2D eigenvalue weighted by molar-refractivity contribution is 7.20. The number of esters is 1. The Morgan fingerprint density at radius 1 is 1.10 bits per heavy atom. The predicted molar refractivity (Wildman–Crippen MR) is 154 cm³/mol. The number of rotatable bonds is 4. The van der Waals surface area contributed by atoms with Gasteiger partial charge in [0.25, 0.3) is 5.91 Å². The van der Waals surface area contributed by atoms with Crippen LogP contribution in [0.5, 0.6) is 0 Å². The number of thiophene rings is 1. The Morgan fingerprint density at radius 2 is 1.80 bits per heavy atom. The molecule has 9 nitrogen and oxygen atoms in total. The van der Waals surface area contributed by atoms with Crippen LogP contribution in [0.1, 0.15) is 64.2 Å². The Kier molecular flexibility index (Phi) is 7.71. The fourth-order valence-corrected chi connectivity index (χ4v) is 6.92. The second-order valence-electron chi connectivity index (χ2n) is 12.5. The van der Waals surface area contributed by atoms with Crippen molar-refractivity contribution in [2.24, 2.45) is 0 Å². The number of anilines is 1. The first kappa shape index (κ1) is 28.6. The van der Waals surface area contributed by atoms with E-state index in [0.29, 0.717) is 43.2 Å². The van der Waals surface area contributed by atoms with Crippen LogP contribution in [0.2, 0.25) is 0 Å². The van der Waals surface area contributed by atoms with Gasteiger partial charge in [-0.05, 0) is 59.1 Å². The zero-order valence-electron chi connectivity index (χ0n) is 24.0. The van der Waals surface area contributed by atoms with Crippen LogP contribution in [-0.2, 0) is 19.0 Å². The van der Waals surface area contributed by atoms with Crippen molar-refractivity contribution >= 4 is 34.3 Å². The smallest absolute Gasteiger partial charge is 0.412 e. The highest BCUT2D eigenvalue weighted by Gasteiger charge is 2.56. The normalized spacial score (nSPS) is 23.7. The number of amides is 2. The Hall–Kier alpha value is -2.95. The summed E-state index contributed by atoms with van der Waals surface area (Å²) in [4.78, 5) is 44.2. The van der Waals surface area contributed by atoms with Gasteiger partial charge in [-0.15, -0.1) is 11.3 Å². The lowest BCUT2D eigenvalue weighted by molar-refractivity contribution is -0.172. The van der Waals surface area contributed by atoms with Crippen LogP contribution < -0.4 is 5.32 Å². The molecule has 1 aromatic heterocycles. The largest absolute Gasteiger partial charge is 0.457 e. The monoisotopic (exact) mass is 569 g/mol. The molecular weight excluding hydrogens is 530 g/mol. The molecule has 0 aliphatic carbocycles. The lowest BCUT2D eigenvalue weighted by Gasteiger charge is -2.44. The second-order valence-corrected chi connectivity index (χ2v) is 13.6. The van der Waals surface area contributed by atoms with Crippen LogP contribution in [-0.4, -0.2) is 83.4 Å². The van der Waals surface area contributed by atoms with E-state index in [1.54, 1.807) is 20.8 Å². The van der Waals surface area contributed by atoms with Crippen molar-refractivity contribution in [2.45, 2.75) is 76.7 Å². The molecule has 5 rings (SSSR count). The van der Waals surface area contributed by atoms with Gasteiger partial charge < -0.3 is 19.1 Å². The summed E-state index contributed by atoms with van der Waals surface area (Å²) in [5.41, 5.74) is -0.637. The van der Waals surface area contributed by atoms with E-state index >= 15 is 0 Å². The number of benzene rings is 1. The number of hydrogen-bond donors (Lipinski definition) is 1. The van der Waals surface area contributed by atoms with E-state index in [1.807, 2.05) is 55.1 Å². The molecule has 3 saturated heterocycles. The van der Waals surface area contributed by atoms with Crippen LogP contribution >= 0.6 is 11.3 Å². The van der Waals surface area contributed by atoms with E-state index in [0.717, 1.165) is 29.8 Å². The van der Waals surface area contributed by atoms with Gasteiger partial charge in [0.1, 0.15) is 16.2 Å². The zero-order chi connectivity index (χ0) is 28.7. The summed E-state index contributed by atoms with van der Waals surface area (Å²) >= 11 is 1.37. The number of nitrogens with zero attached hydrogens (tertiary/aromatic N) is 2. The van der Waals surface area contributed by atoms with Gasteiger partial charge >= 0.3 is 12.1 Å². The number of cyclic esters (lactones) is 1. The highest BCUT2D eigenvalue weighted by atomic mass is 32.1. The fraction of sp³-hybridized carbons (Fsp3) is 0.567. The van der Waals surface area contributed by atoms with E-state index in [1.165, 1.54) is 11.3 Å². The van der Waals surface area contributed by atoms with E-state index in [9.17, 15) is 14.4 Å². The van der Waals surface area contributed by atoms with Gasteiger partial charge in [0.05, 0.1) is 12.2 Å². The SMILES string of the molecule is CC(C)(C)OC(=O)Nc1sc(-c2ccccc2)cc1C(=O)N1CCC(N2CCOC3(C2)CC(C)(C)OC3=O)CC1. The number of morpholine rings is 1. The molecule has 4 heterocycles. The Bertz CT molecular complexity index is 1260. The number of carbonyl (C=O) groups is 3. The maximum absolute atomic E-state index is 13.8. The summed E-state index contributed by atoms with van der Waals surface area (Å²) in [6.45, 7) is 12.2. The summed E-state index contributed by atoms with van der Waals surface area (Å²) in [7, 11) is 0. The third kappa shape index (κ3) is 6.19. The van der Waals surface area contributed by atoms with Gasteiger partial charge in [0, 0.05) is 43.5 Å². The quantitative estimate of drug-likeness (QED) is 0.508. The van der Waals surface area contributed by atoms with E-state index < -0.39 is 22.9 Å². The molecule has 1 N–H and O–H groups in total. The number of carbonyl (C=O) groups excluding carboxylic acids is 3. The molecule has 3 aliphatic heterocycles. The van der Waals surface area contributed by atoms with Crippen molar-refractivity contribution < 1.29 is 28.6 Å². The molecule has 216 valence electrons. The van der Waals surface area contributed by atoms with Crippen LogP contribution in [0.4, 0.5) is 9.80 Å². The molecule has 1 atom stereocenters. The maximum atomic E-state index is 13.8. The van der Waals surface area contributed by atoms with Crippen molar-refractivity contribution in [3.8, 4) is 10.4 Å². The average molecular weight is 570 g/mol. The number of ether oxygens (including phenoxy) is 3. The first-order chi connectivity index (χ1) is 18.8. The molecule has 0 saturated carbocycles. The molecule has 40 heavy (non-hydrogen) atoms. The minimum atomic E-state index is -0.901. The van der Waals surface area contributed by atoms with Crippen LogP contribution in [0.25, 0.3) is 10.4 Å². The Morgan fingerprint density at radius 3 is 2.42 bits per heavy atom. The third-order valence-corrected chi connectivity index (χ3v) is 8.67. The highest BCUT2D eigenvalue weighted by Crippen LogP contribution is 2.40.